The summed E-state index contributed by atoms with van der Waals surface area (Å²) in [5.74, 6) is 2.13. The monoisotopic (exact) mass is 288 g/mol. The summed E-state index contributed by atoms with van der Waals surface area (Å²) in [6.07, 6.45) is 4.00. The van der Waals surface area contributed by atoms with Crippen LogP contribution in [0.2, 0.25) is 0 Å². The molecule has 0 N–H and O–H groups in total. The zero-order chi connectivity index (χ0) is 14.7. The zero-order valence-electron chi connectivity index (χ0n) is 12.5. The lowest BCUT2D eigenvalue weighted by Gasteiger charge is -2.31. The second-order valence-electron chi connectivity index (χ2n) is 5.45. The van der Waals surface area contributed by atoms with Gasteiger partial charge in [-0.25, -0.2) is 4.98 Å². The summed E-state index contributed by atoms with van der Waals surface area (Å²) in [6, 6.07) is 3.95. The number of piperidine rings is 1. The summed E-state index contributed by atoms with van der Waals surface area (Å²) in [6.45, 7) is 6.53. The molecule has 21 heavy (non-hydrogen) atoms. The van der Waals surface area contributed by atoms with E-state index in [-0.39, 0.29) is 6.10 Å². The first-order chi connectivity index (χ1) is 10.2. The fourth-order valence-corrected chi connectivity index (χ4v) is 2.54. The van der Waals surface area contributed by atoms with Crippen LogP contribution in [0.15, 0.2) is 22.9 Å². The smallest absolute Gasteiger partial charge is 0.223 e. The molecule has 0 unspecified atom stereocenters. The molecule has 0 aromatic carbocycles. The Morgan fingerprint density at radius 3 is 2.81 bits per heavy atom. The van der Waals surface area contributed by atoms with E-state index < -0.39 is 0 Å². The van der Waals surface area contributed by atoms with Crippen molar-refractivity contribution in [3.63, 3.8) is 0 Å². The lowest BCUT2D eigenvalue weighted by molar-refractivity contribution is 0.0908. The number of hydrogen-bond donors (Lipinski definition) is 0. The Hall–Kier alpha value is -1.95. The largest absolute Gasteiger partial charge is 0.474 e. The van der Waals surface area contributed by atoms with Crippen LogP contribution in [0.4, 0.5) is 0 Å². The summed E-state index contributed by atoms with van der Waals surface area (Å²) in [5.41, 5.74) is 1.09. The summed E-state index contributed by atoms with van der Waals surface area (Å²) < 4.78 is 11.0. The van der Waals surface area contributed by atoms with Gasteiger partial charge in [-0.15, -0.1) is 0 Å². The van der Waals surface area contributed by atoms with Gasteiger partial charge in [0.25, 0.3) is 0 Å². The van der Waals surface area contributed by atoms with Crippen molar-refractivity contribution in [3.8, 4) is 5.88 Å². The molecule has 0 amide bonds. The third-order valence-corrected chi connectivity index (χ3v) is 3.71. The lowest BCUT2D eigenvalue weighted by atomic mass is 10.1. The molecule has 3 rings (SSSR count). The average Bonchev–Trinajstić information content (AvgIpc) is 2.89. The molecule has 2 aromatic rings. The van der Waals surface area contributed by atoms with Crippen LogP contribution in [0.1, 0.15) is 30.1 Å². The molecule has 2 aromatic heterocycles. The number of pyridine rings is 1. The van der Waals surface area contributed by atoms with Crippen LogP contribution in [0.5, 0.6) is 5.88 Å². The Balaban J connectivity index is 1.50. The zero-order valence-corrected chi connectivity index (χ0v) is 12.5. The average molecular weight is 288 g/mol. The van der Waals surface area contributed by atoms with Gasteiger partial charge in [-0.1, -0.05) is 11.2 Å². The minimum Gasteiger partial charge on any atom is -0.474 e. The van der Waals surface area contributed by atoms with Gasteiger partial charge < -0.3 is 9.26 Å². The van der Waals surface area contributed by atoms with Crippen molar-refractivity contribution in [2.75, 3.05) is 13.1 Å². The maximum atomic E-state index is 6.00. The topological polar surface area (TPSA) is 64.3 Å². The van der Waals surface area contributed by atoms with Gasteiger partial charge in [-0.3, -0.25) is 4.90 Å². The molecule has 0 saturated carbocycles. The van der Waals surface area contributed by atoms with Crippen molar-refractivity contribution >= 4 is 0 Å². The van der Waals surface area contributed by atoms with Gasteiger partial charge in [0.2, 0.25) is 11.8 Å². The van der Waals surface area contributed by atoms with Crippen molar-refractivity contribution in [2.24, 2.45) is 0 Å². The second kappa shape index (κ2) is 6.22. The molecule has 6 nitrogen and oxygen atoms in total. The molecule has 1 saturated heterocycles. The molecule has 1 aliphatic rings. The SMILES string of the molecule is Cc1nc(CN2CCC(Oc3ncccc3C)CC2)no1. The molecular weight excluding hydrogens is 268 g/mol. The highest BCUT2D eigenvalue weighted by molar-refractivity contribution is 5.23. The Morgan fingerprint density at radius 2 is 2.14 bits per heavy atom. The van der Waals surface area contributed by atoms with E-state index in [1.54, 1.807) is 6.20 Å². The minimum absolute atomic E-state index is 0.238. The molecule has 0 aliphatic carbocycles. The minimum atomic E-state index is 0.238. The van der Waals surface area contributed by atoms with Crippen molar-refractivity contribution in [2.45, 2.75) is 39.3 Å². The Labute approximate surface area is 124 Å². The fourth-order valence-electron chi connectivity index (χ4n) is 2.54. The molecule has 0 spiro atoms. The summed E-state index contributed by atoms with van der Waals surface area (Å²) in [7, 11) is 0. The van der Waals surface area contributed by atoms with Crippen molar-refractivity contribution in [3.05, 3.63) is 35.6 Å². The molecule has 3 heterocycles. The standard InChI is InChI=1S/C15H20N4O2/c1-11-4-3-7-16-15(11)20-13-5-8-19(9-6-13)10-14-17-12(2)21-18-14/h3-4,7,13H,5-6,8-10H2,1-2H3. The lowest BCUT2D eigenvalue weighted by Crippen LogP contribution is -2.38. The van der Waals surface area contributed by atoms with Crippen molar-refractivity contribution < 1.29 is 9.26 Å². The van der Waals surface area contributed by atoms with Crippen LogP contribution in [-0.2, 0) is 6.54 Å². The first-order valence-corrected chi connectivity index (χ1v) is 7.30. The molecule has 1 aliphatic heterocycles. The van der Waals surface area contributed by atoms with E-state index in [0.29, 0.717) is 5.89 Å². The molecular formula is C15H20N4O2. The van der Waals surface area contributed by atoms with Crippen LogP contribution >= 0.6 is 0 Å². The maximum Gasteiger partial charge on any atom is 0.223 e. The molecule has 6 heteroatoms. The highest BCUT2D eigenvalue weighted by Gasteiger charge is 2.22. The molecule has 0 radical (unpaired) electrons. The van der Waals surface area contributed by atoms with Crippen LogP contribution in [-0.4, -0.2) is 39.2 Å². The molecule has 1 fully saturated rings. The first kappa shape index (κ1) is 14.0. The maximum absolute atomic E-state index is 6.00. The van der Waals surface area contributed by atoms with E-state index in [1.807, 2.05) is 26.0 Å². The first-order valence-electron chi connectivity index (χ1n) is 7.30. The number of aromatic nitrogens is 3. The van der Waals surface area contributed by atoms with E-state index in [0.717, 1.165) is 49.7 Å². The van der Waals surface area contributed by atoms with Gasteiger partial charge in [0.1, 0.15) is 6.10 Å². The Morgan fingerprint density at radius 1 is 1.33 bits per heavy atom. The molecule has 112 valence electrons. The number of hydrogen-bond acceptors (Lipinski definition) is 6. The third kappa shape index (κ3) is 3.58. The van der Waals surface area contributed by atoms with Crippen LogP contribution in [0.3, 0.4) is 0 Å². The summed E-state index contributed by atoms with van der Waals surface area (Å²) in [5, 5.41) is 3.94. The van der Waals surface area contributed by atoms with Crippen LogP contribution < -0.4 is 4.74 Å². The predicted octanol–water partition coefficient (Wildman–Crippen LogP) is 2.12. The van der Waals surface area contributed by atoms with E-state index in [4.69, 9.17) is 9.26 Å². The third-order valence-electron chi connectivity index (χ3n) is 3.71. The van der Waals surface area contributed by atoms with Gasteiger partial charge in [0.15, 0.2) is 5.82 Å². The van der Waals surface area contributed by atoms with E-state index >= 15 is 0 Å². The molecule has 0 bridgehead atoms. The fraction of sp³-hybridized carbons (Fsp3) is 0.533. The van der Waals surface area contributed by atoms with Gasteiger partial charge in [0, 0.05) is 31.8 Å². The number of likely N-dealkylation sites (tertiary alicyclic amines) is 1. The van der Waals surface area contributed by atoms with Gasteiger partial charge in [-0.05, 0) is 25.8 Å². The quantitative estimate of drug-likeness (QED) is 0.858. The highest BCUT2D eigenvalue weighted by Crippen LogP contribution is 2.20. The van der Waals surface area contributed by atoms with Crippen molar-refractivity contribution in [1.82, 2.24) is 20.0 Å². The number of ether oxygens (including phenoxy) is 1. The number of nitrogens with zero attached hydrogens (tertiary/aromatic N) is 4. The van der Waals surface area contributed by atoms with Crippen LogP contribution in [0, 0.1) is 13.8 Å². The normalized spacial score (nSPS) is 17.0. The Bertz CT molecular complexity index is 591. The Kier molecular flexibility index (Phi) is 4.15. The van der Waals surface area contributed by atoms with Gasteiger partial charge in [-0.2, -0.15) is 4.98 Å². The summed E-state index contributed by atoms with van der Waals surface area (Å²) >= 11 is 0. The second-order valence-corrected chi connectivity index (χ2v) is 5.45. The van der Waals surface area contributed by atoms with Gasteiger partial charge in [0.05, 0.1) is 6.54 Å². The highest BCUT2D eigenvalue weighted by atomic mass is 16.5. The van der Waals surface area contributed by atoms with E-state index in [9.17, 15) is 0 Å². The number of aryl methyl sites for hydroxylation is 2. The van der Waals surface area contributed by atoms with E-state index in [1.165, 1.54) is 0 Å². The van der Waals surface area contributed by atoms with Crippen LogP contribution in [0.25, 0.3) is 0 Å². The van der Waals surface area contributed by atoms with E-state index in [2.05, 4.69) is 20.0 Å². The molecule has 0 atom stereocenters. The van der Waals surface area contributed by atoms with Crippen molar-refractivity contribution in [1.29, 1.82) is 0 Å². The number of rotatable bonds is 4. The van der Waals surface area contributed by atoms with Gasteiger partial charge >= 0.3 is 0 Å². The predicted molar refractivity (Wildman–Crippen MR) is 76.9 cm³/mol. The summed E-state index contributed by atoms with van der Waals surface area (Å²) in [4.78, 5) is 10.9.